The highest BCUT2D eigenvalue weighted by molar-refractivity contribution is 5.69. The first kappa shape index (κ1) is 10.3. The Balaban J connectivity index is 1.99. The van der Waals surface area contributed by atoms with Crippen molar-refractivity contribution in [2.24, 2.45) is 7.05 Å². The van der Waals surface area contributed by atoms with Gasteiger partial charge in [-0.2, -0.15) is 0 Å². The van der Waals surface area contributed by atoms with Crippen LogP contribution in [0.25, 0.3) is 5.57 Å². The summed E-state index contributed by atoms with van der Waals surface area (Å²) in [7, 11) is 2.13. The summed E-state index contributed by atoms with van der Waals surface area (Å²) in [6.45, 7) is 0. The second kappa shape index (κ2) is 4.17. The summed E-state index contributed by atoms with van der Waals surface area (Å²) in [4.78, 5) is 0. The largest absolute Gasteiger partial charge is 0.205 e. The molecule has 1 nitrogen and oxygen atoms in total. The minimum atomic E-state index is 1.04. The minimum Gasteiger partial charge on any atom is -0.205 e. The lowest BCUT2D eigenvalue weighted by Gasteiger charge is -2.14. The summed E-state index contributed by atoms with van der Waals surface area (Å²) < 4.78 is 2.24. The first-order chi connectivity index (χ1) is 8.34. The van der Waals surface area contributed by atoms with Crippen molar-refractivity contribution in [3.8, 4) is 0 Å². The van der Waals surface area contributed by atoms with Gasteiger partial charge in [0.05, 0.1) is 6.42 Å². The Hall–Kier alpha value is -1.89. The maximum absolute atomic E-state index is 2.36. The zero-order valence-electron chi connectivity index (χ0n) is 10.1. The average molecular weight is 222 g/mol. The van der Waals surface area contributed by atoms with Gasteiger partial charge >= 0.3 is 0 Å². The number of hydrogen-bond donors (Lipinski definition) is 0. The Morgan fingerprint density at radius 3 is 2.65 bits per heavy atom. The molecule has 0 unspecified atom stereocenters. The number of hydrogen-bond acceptors (Lipinski definition) is 0. The van der Waals surface area contributed by atoms with Crippen LogP contribution in [-0.4, -0.2) is 0 Å². The minimum absolute atomic E-state index is 1.04. The number of benzene rings is 1. The number of allylic oxidation sites excluding steroid dienone is 2. The molecule has 0 spiro atoms. The van der Waals surface area contributed by atoms with Crippen molar-refractivity contribution in [3.63, 3.8) is 0 Å². The molecule has 1 heteroatoms. The van der Waals surface area contributed by atoms with E-state index in [4.69, 9.17) is 0 Å². The number of fused-ring (bicyclic) bond motifs is 1. The van der Waals surface area contributed by atoms with Crippen LogP contribution >= 0.6 is 0 Å². The van der Waals surface area contributed by atoms with E-state index in [1.807, 2.05) is 0 Å². The van der Waals surface area contributed by atoms with Gasteiger partial charge in [-0.25, -0.2) is 4.57 Å². The van der Waals surface area contributed by atoms with E-state index in [9.17, 15) is 0 Å². The summed E-state index contributed by atoms with van der Waals surface area (Å²) in [5.74, 6) is 0. The molecule has 0 fully saturated rings. The molecule has 0 amide bonds. The molecule has 1 aliphatic rings. The highest BCUT2D eigenvalue weighted by Crippen LogP contribution is 2.25. The molecule has 0 saturated heterocycles. The molecule has 1 aromatic carbocycles. The molecule has 1 aliphatic carbocycles. The second-order valence-corrected chi connectivity index (χ2v) is 4.57. The Kier molecular flexibility index (Phi) is 2.52. The maximum Gasteiger partial charge on any atom is 0.189 e. The molecule has 0 aliphatic heterocycles. The van der Waals surface area contributed by atoms with Crippen LogP contribution in [0.1, 0.15) is 16.8 Å². The van der Waals surface area contributed by atoms with Crippen LogP contribution in [0.15, 0.2) is 54.7 Å². The van der Waals surface area contributed by atoms with Crippen molar-refractivity contribution in [1.82, 2.24) is 0 Å². The van der Waals surface area contributed by atoms with Gasteiger partial charge in [-0.05, 0) is 23.6 Å². The molecule has 0 N–H and O–H groups in total. The predicted octanol–water partition coefficient (Wildman–Crippen LogP) is 2.69. The molecule has 0 radical (unpaired) electrons. The predicted molar refractivity (Wildman–Crippen MR) is 69.4 cm³/mol. The van der Waals surface area contributed by atoms with Crippen LogP contribution in [0, 0.1) is 0 Å². The Bertz CT molecular complexity index is 567. The van der Waals surface area contributed by atoms with Crippen LogP contribution in [0.5, 0.6) is 0 Å². The molecule has 0 atom stereocenters. The van der Waals surface area contributed by atoms with E-state index >= 15 is 0 Å². The molecule has 0 bridgehead atoms. The van der Waals surface area contributed by atoms with Crippen LogP contribution in [0.3, 0.4) is 0 Å². The summed E-state index contributed by atoms with van der Waals surface area (Å²) in [6, 6.07) is 15.0. The number of rotatable bonds is 1. The third kappa shape index (κ3) is 1.89. The topological polar surface area (TPSA) is 3.88 Å². The number of pyridine rings is 1. The number of nitrogens with zero attached hydrogens (tertiary/aromatic N) is 1. The van der Waals surface area contributed by atoms with Crippen LogP contribution in [0.4, 0.5) is 0 Å². The van der Waals surface area contributed by atoms with Gasteiger partial charge in [0.2, 0.25) is 0 Å². The number of aromatic nitrogens is 1. The fourth-order valence-electron chi connectivity index (χ4n) is 2.48. The van der Waals surface area contributed by atoms with Crippen molar-refractivity contribution in [2.75, 3.05) is 0 Å². The Morgan fingerprint density at radius 2 is 1.82 bits per heavy atom. The summed E-state index contributed by atoms with van der Waals surface area (Å²) in [5, 5.41) is 0. The third-order valence-electron chi connectivity index (χ3n) is 3.47. The van der Waals surface area contributed by atoms with Gasteiger partial charge < -0.3 is 0 Å². The highest BCUT2D eigenvalue weighted by atomic mass is 14.9. The van der Waals surface area contributed by atoms with Gasteiger partial charge in [0.1, 0.15) is 7.05 Å². The normalized spacial score (nSPS) is 14.1. The van der Waals surface area contributed by atoms with Gasteiger partial charge in [-0.3, -0.25) is 0 Å². The quantitative estimate of drug-likeness (QED) is 0.653. The molecule has 1 aromatic heterocycles. The zero-order chi connectivity index (χ0) is 11.7. The highest BCUT2D eigenvalue weighted by Gasteiger charge is 2.19. The lowest BCUT2D eigenvalue weighted by molar-refractivity contribution is -0.679. The molecule has 1 heterocycles. The van der Waals surface area contributed by atoms with E-state index in [1.165, 1.54) is 22.4 Å². The summed E-state index contributed by atoms with van der Waals surface area (Å²) in [5.41, 5.74) is 5.69. The molecule has 17 heavy (non-hydrogen) atoms. The van der Waals surface area contributed by atoms with Crippen molar-refractivity contribution < 1.29 is 4.57 Å². The Morgan fingerprint density at radius 1 is 1.00 bits per heavy atom. The maximum atomic E-state index is 2.36. The van der Waals surface area contributed by atoms with E-state index < -0.39 is 0 Å². The van der Waals surface area contributed by atoms with Crippen molar-refractivity contribution in [2.45, 2.75) is 12.8 Å². The Labute approximate surface area is 102 Å². The fraction of sp³-hybridized carbons (Fsp3) is 0.188. The van der Waals surface area contributed by atoms with Crippen molar-refractivity contribution >= 4 is 5.57 Å². The molecule has 0 saturated carbocycles. The van der Waals surface area contributed by atoms with E-state index in [-0.39, 0.29) is 0 Å². The lowest BCUT2D eigenvalue weighted by atomic mass is 9.91. The van der Waals surface area contributed by atoms with Gasteiger partial charge in [-0.15, -0.1) is 0 Å². The van der Waals surface area contributed by atoms with Gasteiger partial charge in [0.15, 0.2) is 11.9 Å². The van der Waals surface area contributed by atoms with Gasteiger partial charge in [0.25, 0.3) is 0 Å². The first-order valence-corrected chi connectivity index (χ1v) is 6.05. The SMILES string of the molecule is C[n+]1cccc2c1CC(c1ccccc1)=CC2. The van der Waals surface area contributed by atoms with Crippen LogP contribution in [0.2, 0.25) is 0 Å². The van der Waals surface area contributed by atoms with Crippen molar-refractivity contribution in [3.05, 3.63) is 71.6 Å². The molecule has 3 rings (SSSR count). The number of aryl methyl sites for hydroxylation is 1. The smallest absolute Gasteiger partial charge is 0.189 e. The first-order valence-electron chi connectivity index (χ1n) is 6.05. The van der Waals surface area contributed by atoms with E-state index in [0.29, 0.717) is 0 Å². The van der Waals surface area contributed by atoms with Crippen molar-refractivity contribution in [1.29, 1.82) is 0 Å². The van der Waals surface area contributed by atoms with Crippen LogP contribution < -0.4 is 4.57 Å². The molecule has 84 valence electrons. The molecular formula is C16H16N+. The standard InChI is InChI=1S/C16H16N/c1-17-11-5-8-14-9-10-15(12-16(14)17)13-6-3-2-4-7-13/h2-8,10-11H,9,12H2,1H3/q+1. The van der Waals surface area contributed by atoms with Gasteiger partial charge in [-0.1, -0.05) is 36.4 Å². The summed E-state index contributed by atoms with van der Waals surface area (Å²) >= 11 is 0. The zero-order valence-corrected chi connectivity index (χ0v) is 10.1. The summed E-state index contributed by atoms with van der Waals surface area (Å²) in [6.07, 6.45) is 6.58. The van der Waals surface area contributed by atoms with E-state index in [0.717, 1.165) is 12.8 Å². The monoisotopic (exact) mass is 222 g/mol. The fourth-order valence-corrected chi connectivity index (χ4v) is 2.48. The lowest BCUT2D eigenvalue weighted by Crippen LogP contribution is -2.35. The molecule has 2 aromatic rings. The second-order valence-electron chi connectivity index (χ2n) is 4.57. The van der Waals surface area contributed by atoms with Gasteiger partial charge in [0, 0.05) is 11.6 Å². The van der Waals surface area contributed by atoms with E-state index in [2.05, 4.69) is 66.4 Å². The van der Waals surface area contributed by atoms with E-state index in [1.54, 1.807) is 0 Å². The average Bonchev–Trinajstić information content (AvgIpc) is 2.40. The molecular weight excluding hydrogens is 206 g/mol. The van der Waals surface area contributed by atoms with Crippen LogP contribution in [-0.2, 0) is 19.9 Å². The third-order valence-corrected chi connectivity index (χ3v) is 3.47.